The Bertz CT molecular complexity index is 310. The molecule has 0 N–H and O–H groups in total. The highest BCUT2D eigenvalue weighted by Crippen LogP contribution is 2.60. The molecule has 3 fully saturated rings. The average Bonchev–Trinajstić information content (AvgIpc) is 2.82. The maximum Gasteiger partial charge on any atom is 0.333 e. The van der Waals surface area contributed by atoms with Crippen LogP contribution < -0.4 is 0 Å². The molecule has 1 aliphatic heterocycles. The molecule has 14 heavy (non-hydrogen) atoms. The molecule has 3 heteroatoms. The van der Waals surface area contributed by atoms with E-state index in [0.29, 0.717) is 35.5 Å². The molecule has 1 saturated heterocycles. The molecule has 2 saturated carbocycles. The summed E-state index contributed by atoms with van der Waals surface area (Å²) in [7, 11) is 1.41. The quantitative estimate of drug-likeness (QED) is 0.376. The number of rotatable bonds is 2. The second-order valence-electron chi connectivity index (χ2n) is 4.58. The molecule has 0 radical (unpaired) electrons. The summed E-state index contributed by atoms with van der Waals surface area (Å²) in [6.45, 7) is 3.85. The van der Waals surface area contributed by atoms with E-state index in [0.717, 1.165) is 6.42 Å². The molecule has 0 aromatic heterocycles. The lowest BCUT2D eigenvalue weighted by molar-refractivity contribution is -0.136. The molecule has 1 heterocycles. The van der Waals surface area contributed by atoms with Crippen LogP contribution in [0.15, 0.2) is 12.2 Å². The zero-order valence-electron chi connectivity index (χ0n) is 8.23. The normalized spacial score (nSPS) is 47.4. The standard InChI is InChI=1S/C11H14O3/c1-5(11(12)13-2)7-3-6-4-8(7)10-9(6)14-10/h6-10H,1,3-4H2,2H3. The van der Waals surface area contributed by atoms with Crippen LogP contribution >= 0.6 is 0 Å². The number of carbonyl (C=O) groups excluding carboxylic acids is 1. The Hall–Kier alpha value is -0.830. The SMILES string of the molecule is C=C(C(=O)OC)C1CC2CC1C1OC21. The van der Waals surface area contributed by atoms with Crippen molar-refractivity contribution >= 4 is 5.97 Å². The highest BCUT2D eigenvalue weighted by molar-refractivity contribution is 5.88. The van der Waals surface area contributed by atoms with Crippen LogP contribution in [0.5, 0.6) is 0 Å². The van der Waals surface area contributed by atoms with Gasteiger partial charge in [-0.2, -0.15) is 0 Å². The molecule has 5 atom stereocenters. The molecule has 2 aliphatic carbocycles. The van der Waals surface area contributed by atoms with E-state index in [1.807, 2.05) is 0 Å². The number of hydrogen-bond donors (Lipinski definition) is 0. The van der Waals surface area contributed by atoms with Crippen molar-refractivity contribution in [2.75, 3.05) is 7.11 Å². The summed E-state index contributed by atoms with van der Waals surface area (Å²) in [5.74, 6) is 1.28. The fourth-order valence-electron chi connectivity index (χ4n) is 3.29. The van der Waals surface area contributed by atoms with Crippen LogP contribution in [0.1, 0.15) is 12.8 Å². The van der Waals surface area contributed by atoms with E-state index in [9.17, 15) is 4.79 Å². The highest BCUT2D eigenvalue weighted by atomic mass is 16.6. The van der Waals surface area contributed by atoms with E-state index in [1.165, 1.54) is 13.5 Å². The van der Waals surface area contributed by atoms with Gasteiger partial charge in [0.1, 0.15) is 0 Å². The summed E-state index contributed by atoms with van der Waals surface area (Å²) in [6, 6.07) is 0. The Balaban J connectivity index is 1.75. The number of methoxy groups -OCH3 is 1. The number of fused-ring (bicyclic) bond motifs is 5. The van der Waals surface area contributed by atoms with Gasteiger partial charge in [-0.3, -0.25) is 0 Å². The van der Waals surface area contributed by atoms with Crippen molar-refractivity contribution in [3.05, 3.63) is 12.2 Å². The summed E-state index contributed by atoms with van der Waals surface area (Å²) in [6.07, 6.45) is 3.23. The Morgan fingerprint density at radius 1 is 1.43 bits per heavy atom. The largest absolute Gasteiger partial charge is 0.466 e. The molecule has 5 unspecified atom stereocenters. The van der Waals surface area contributed by atoms with Gasteiger partial charge < -0.3 is 9.47 Å². The molecule has 3 nitrogen and oxygen atoms in total. The molecule has 2 bridgehead atoms. The van der Waals surface area contributed by atoms with Crippen molar-refractivity contribution in [2.45, 2.75) is 25.0 Å². The van der Waals surface area contributed by atoms with Gasteiger partial charge in [0.15, 0.2) is 0 Å². The first-order chi connectivity index (χ1) is 6.72. The lowest BCUT2D eigenvalue weighted by Crippen LogP contribution is -2.23. The summed E-state index contributed by atoms with van der Waals surface area (Å²) < 4.78 is 10.2. The summed E-state index contributed by atoms with van der Waals surface area (Å²) in [5.41, 5.74) is 0.647. The van der Waals surface area contributed by atoms with Crippen molar-refractivity contribution < 1.29 is 14.3 Å². The minimum atomic E-state index is -0.250. The number of hydrogen-bond acceptors (Lipinski definition) is 3. The third-order valence-corrected chi connectivity index (χ3v) is 3.99. The van der Waals surface area contributed by atoms with Crippen molar-refractivity contribution in [2.24, 2.45) is 17.8 Å². The van der Waals surface area contributed by atoms with E-state index >= 15 is 0 Å². The Morgan fingerprint density at radius 3 is 2.79 bits per heavy atom. The Labute approximate surface area is 83.1 Å². The monoisotopic (exact) mass is 194 g/mol. The van der Waals surface area contributed by atoms with Gasteiger partial charge in [0.05, 0.1) is 19.3 Å². The van der Waals surface area contributed by atoms with Crippen LogP contribution in [0.3, 0.4) is 0 Å². The summed E-state index contributed by atoms with van der Waals surface area (Å²) >= 11 is 0. The van der Waals surface area contributed by atoms with Crippen LogP contribution in [0.2, 0.25) is 0 Å². The molecule has 0 amide bonds. The summed E-state index contributed by atoms with van der Waals surface area (Å²) in [4.78, 5) is 11.3. The van der Waals surface area contributed by atoms with Gasteiger partial charge in [0, 0.05) is 5.57 Å². The molecular formula is C11H14O3. The van der Waals surface area contributed by atoms with Gasteiger partial charge in [0.25, 0.3) is 0 Å². The van der Waals surface area contributed by atoms with Gasteiger partial charge >= 0.3 is 5.97 Å². The maximum atomic E-state index is 11.3. The van der Waals surface area contributed by atoms with Crippen LogP contribution in [0.25, 0.3) is 0 Å². The second-order valence-corrected chi connectivity index (χ2v) is 4.58. The van der Waals surface area contributed by atoms with E-state index < -0.39 is 0 Å². The lowest BCUT2D eigenvalue weighted by atomic mass is 9.84. The van der Waals surface area contributed by atoms with Crippen molar-refractivity contribution in [3.8, 4) is 0 Å². The molecule has 0 aromatic rings. The van der Waals surface area contributed by atoms with Crippen molar-refractivity contribution in [1.82, 2.24) is 0 Å². The zero-order chi connectivity index (χ0) is 9.87. The Kier molecular flexibility index (Phi) is 1.57. The fraction of sp³-hybridized carbons (Fsp3) is 0.727. The van der Waals surface area contributed by atoms with Gasteiger partial charge in [-0.15, -0.1) is 0 Å². The molecule has 3 rings (SSSR count). The molecule has 0 aromatic carbocycles. The van der Waals surface area contributed by atoms with Gasteiger partial charge in [-0.25, -0.2) is 4.79 Å². The summed E-state index contributed by atoms with van der Waals surface area (Å²) in [5, 5.41) is 0. The van der Waals surface area contributed by atoms with Gasteiger partial charge in [-0.1, -0.05) is 6.58 Å². The number of esters is 1. The predicted molar refractivity (Wildman–Crippen MR) is 49.5 cm³/mol. The third-order valence-electron chi connectivity index (χ3n) is 3.99. The second kappa shape index (κ2) is 2.60. The number of ether oxygens (including phenoxy) is 2. The minimum Gasteiger partial charge on any atom is -0.466 e. The van der Waals surface area contributed by atoms with Gasteiger partial charge in [0.2, 0.25) is 0 Å². The topological polar surface area (TPSA) is 38.8 Å². The first-order valence-electron chi connectivity index (χ1n) is 5.15. The Morgan fingerprint density at radius 2 is 2.21 bits per heavy atom. The van der Waals surface area contributed by atoms with Crippen molar-refractivity contribution in [3.63, 3.8) is 0 Å². The molecule has 76 valence electrons. The van der Waals surface area contributed by atoms with Gasteiger partial charge in [-0.05, 0) is 30.6 Å². The maximum absolute atomic E-state index is 11.3. The van der Waals surface area contributed by atoms with E-state index in [4.69, 9.17) is 9.47 Å². The van der Waals surface area contributed by atoms with Crippen molar-refractivity contribution in [1.29, 1.82) is 0 Å². The number of carbonyl (C=O) groups is 1. The van der Waals surface area contributed by atoms with Crippen LogP contribution in [0.4, 0.5) is 0 Å². The van der Waals surface area contributed by atoms with E-state index in [2.05, 4.69) is 6.58 Å². The van der Waals surface area contributed by atoms with Crippen LogP contribution in [-0.2, 0) is 14.3 Å². The van der Waals surface area contributed by atoms with Crippen LogP contribution in [0, 0.1) is 17.8 Å². The van der Waals surface area contributed by atoms with Crippen LogP contribution in [-0.4, -0.2) is 25.3 Å². The molecular weight excluding hydrogens is 180 g/mol. The zero-order valence-corrected chi connectivity index (χ0v) is 8.23. The first kappa shape index (κ1) is 8.48. The third kappa shape index (κ3) is 0.934. The average molecular weight is 194 g/mol. The van der Waals surface area contributed by atoms with E-state index in [1.54, 1.807) is 0 Å². The first-order valence-corrected chi connectivity index (χ1v) is 5.15. The predicted octanol–water partition coefficient (Wildman–Crippen LogP) is 1.14. The number of epoxide rings is 1. The molecule has 3 aliphatic rings. The minimum absolute atomic E-state index is 0.250. The highest BCUT2D eigenvalue weighted by Gasteiger charge is 2.63. The lowest BCUT2D eigenvalue weighted by Gasteiger charge is -2.19. The van der Waals surface area contributed by atoms with E-state index in [-0.39, 0.29) is 5.97 Å². The molecule has 0 spiro atoms. The smallest absolute Gasteiger partial charge is 0.333 e. The fourth-order valence-corrected chi connectivity index (χ4v) is 3.29.